The molecule has 0 bridgehead atoms. The predicted octanol–water partition coefficient (Wildman–Crippen LogP) is 11.8. The van der Waals surface area contributed by atoms with Gasteiger partial charge in [-0.15, -0.1) is 22.7 Å². The predicted molar refractivity (Wildman–Crippen MR) is 190 cm³/mol. The van der Waals surface area contributed by atoms with E-state index in [1.54, 1.807) is 11.3 Å². The topological polar surface area (TPSA) is 30.7 Å². The van der Waals surface area contributed by atoms with Crippen LogP contribution in [0.3, 0.4) is 0 Å². The highest BCUT2D eigenvalue weighted by Gasteiger charge is 2.22. The first-order valence-electron chi connectivity index (χ1n) is 14.5. The molecule has 0 atom stereocenters. The Morgan fingerprint density at radius 2 is 1.11 bits per heavy atom. The van der Waals surface area contributed by atoms with Gasteiger partial charge in [-0.25, -0.2) is 9.97 Å². The van der Waals surface area contributed by atoms with Gasteiger partial charge in [0.05, 0.1) is 31.6 Å². The van der Waals surface area contributed by atoms with Gasteiger partial charge in [0.15, 0.2) is 0 Å². The van der Waals surface area contributed by atoms with E-state index in [1.165, 1.54) is 57.5 Å². The highest BCUT2D eigenvalue weighted by atomic mass is 35.5. The second kappa shape index (κ2) is 9.10. The minimum absolute atomic E-state index is 0.265. The van der Waals surface area contributed by atoms with Gasteiger partial charge in [-0.1, -0.05) is 91.0 Å². The number of benzene rings is 6. The molecule has 6 heteroatoms. The maximum Gasteiger partial charge on any atom is 0.223 e. The number of hydrogen-bond acceptors (Lipinski definition) is 4. The van der Waals surface area contributed by atoms with Crippen molar-refractivity contribution in [2.75, 3.05) is 0 Å². The van der Waals surface area contributed by atoms with Gasteiger partial charge in [-0.05, 0) is 52.7 Å². The molecule has 44 heavy (non-hydrogen) atoms. The number of aromatic nitrogens is 3. The average molecular weight is 618 g/mol. The monoisotopic (exact) mass is 617 g/mol. The van der Waals surface area contributed by atoms with Crippen molar-refractivity contribution in [2.24, 2.45) is 0 Å². The summed E-state index contributed by atoms with van der Waals surface area (Å²) in [4.78, 5) is 9.33. The standard InChI is InChI=1S/C38H20ClN3S2/c39-38-40-33(37-34(41-38)27-13-5-8-16-30(27)44-37)21-17-19-22(20-18-21)42-28-14-6-3-11-25(28)31-23-9-1-2-10-24(23)32-26-12-4-7-15-29(26)43-36(32)35(31)42/h1-20H. The van der Waals surface area contributed by atoms with Crippen LogP contribution in [0.5, 0.6) is 0 Å². The summed E-state index contributed by atoms with van der Waals surface area (Å²) in [5.41, 5.74) is 6.36. The van der Waals surface area contributed by atoms with Gasteiger partial charge in [0.25, 0.3) is 0 Å². The number of para-hydroxylation sites is 1. The minimum Gasteiger partial charge on any atom is -0.308 e. The van der Waals surface area contributed by atoms with E-state index < -0.39 is 0 Å². The maximum absolute atomic E-state index is 6.49. The van der Waals surface area contributed by atoms with E-state index in [1.807, 2.05) is 17.4 Å². The largest absolute Gasteiger partial charge is 0.308 e. The van der Waals surface area contributed by atoms with Crippen molar-refractivity contribution < 1.29 is 0 Å². The van der Waals surface area contributed by atoms with Crippen LogP contribution in [0.1, 0.15) is 0 Å². The maximum atomic E-state index is 6.49. The molecule has 3 nitrogen and oxygen atoms in total. The quantitative estimate of drug-likeness (QED) is 0.181. The second-order valence-corrected chi connectivity index (χ2v) is 13.5. The number of hydrogen-bond donors (Lipinski definition) is 0. The Hall–Kier alpha value is -4.81. The zero-order chi connectivity index (χ0) is 28.9. The fourth-order valence-electron chi connectivity index (χ4n) is 6.92. The van der Waals surface area contributed by atoms with Crippen molar-refractivity contribution in [3.05, 3.63) is 127 Å². The van der Waals surface area contributed by atoms with Crippen LogP contribution in [0, 0.1) is 0 Å². The van der Waals surface area contributed by atoms with Gasteiger partial charge in [0.1, 0.15) is 0 Å². The average Bonchev–Trinajstić information content (AvgIpc) is 3.75. The zero-order valence-corrected chi connectivity index (χ0v) is 25.5. The van der Waals surface area contributed by atoms with Gasteiger partial charge in [-0.3, -0.25) is 0 Å². The lowest BCUT2D eigenvalue weighted by molar-refractivity contribution is 1.18. The molecular formula is C38H20ClN3S2. The van der Waals surface area contributed by atoms with Crippen LogP contribution in [0.4, 0.5) is 0 Å². The van der Waals surface area contributed by atoms with E-state index in [4.69, 9.17) is 16.6 Å². The van der Waals surface area contributed by atoms with Gasteiger partial charge in [0.2, 0.25) is 5.28 Å². The van der Waals surface area contributed by atoms with Crippen LogP contribution < -0.4 is 0 Å². The summed E-state index contributed by atoms with van der Waals surface area (Å²) < 4.78 is 7.30. The van der Waals surface area contributed by atoms with E-state index in [9.17, 15) is 0 Å². The molecule has 0 unspecified atom stereocenters. The second-order valence-electron chi connectivity index (χ2n) is 11.1. The highest BCUT2D eigenvalue weighted by molar-refractivity contribution is 7.27. The van der Waals surface area contributed by atoms with E-state index >= 15 is 0 Å². The summed E-state index contributed by atoms with van der Waals surface area (Å²) in [5.74, 6) is 0. The van der Waals surface area contributed by atoms with E-state index in [-0.39, 0.29) is 5.28 Å². The van der Waals surface area contributed by atoms with Gasteiger partial charge >= 0.3 is 0 Å². The SMILES string of the molecule is Clc1nc(-c2ccc(-n3c4ccccc4c4c5ccccc5c5c6ccccc6sc5c43)cc2)c2sc3ccccc3c2n1. The molecule has 0 amide bonds. The Morgan fingerprint density at radius 3 is 1.89 bits per heavy atom. The fourth-order valence-corrected chi connectivity index (χ4v) is 9.50. The van der Waals surface area contributed by atoms with E-state index in [0.29, 0.717) is 0 Å². The number of halogens is 1. The minimum atomic E-state index is 0.265. The first-order valence-corrected chi connectivity index (χ1v) is 16.5. The lowest BCUT2D eigenvalue weighted by Crippen LogP contribution is -1.95. The molecule has 10 aromatic rings. The molecule has 206 valence electrons. The molecule has 0 saturated carbocycles. The van der Waals surface area contributed by atoms with Crippen LogP contribution in [-0.2, 0) is 0 Å². The molecule has 0 radical (unpaired) electrons. The van der Waals surface area contributed by atoms with Gasteiger partial charge in [-0.2, -0.15) is 0 Å². The molecule has 0 aliphatic carbocycles. The molecule has 10 rings (SSSR count). The molecule has 0 spiro atoms. The van der Waals surface area contributed by atoms with Crippen LogP contribution in [0.15, 0.2) is 121 Å². The van der Waals surface area contributed by atoms with Gasteiger partial charge in [0, 0.05) is 47.6 Å². The Bertz CT molecular complexity index is 2790. The first-order chi connectivity index (χ1) is 21.7. The third-order valence-corrected chi connectivity index (χ3v) is 11.3. The number of thiophene rings is 2. The molecule has 4 aromatic heterocycles. The van der Waals surface area contributed by atoms with Crippen LogP contribution in [0.2, 0.25) is 5.28 Å². The first kappa shape index (κ1) is 24.6. The van der Waals surface area contributed by atoms with E-state index in [2.05, 4.69) is 125 Å². The summed E-state index contributed by atoms with van der Waals surface area (Å²) in [6.45, 7) is 0. The van der Waals surface area contributed by atoms with Crippen LogP contribution in [0.25, 0.3) is 90.0 Å². The summed E-state index contributed by atoms with van der Waals surface area (Å²) in [5, 5.41) is 9.17. The van der Waals surface area contributed by atoms with Crippen molar-refractivity contribution in [3.63, 3.8) is 0 Å². The summed E-state index contributed by atoms with van der Waals surface area (Å²) in [6, 6.07) is 43.5. The smallest absolute Gasteiger partial charge is 0.223 e. The number of fused-ring (bicyclic) bond motifs is 13. The number of rotatable bonds is 2. The molecule has 0 saturated heterocycles. The lowest BCUT2D eigenvalue weighted by atomic mass is 9.99. The van der Waals surface area contributed by atoms with Crippen LogP contribution >= 0.6 is 34.3 Å². The Balaban J connectivity index is 1.28. The zero-order valence-electron chi connectivity index (χ0n) is 23.1. The van der Waals surface area contributed by atoms with Gasteiger partial charge < -0.3 is 4.57 Å². The number of nitrogens with zero attached hydrogens (tertiary/aromatic N) is 3. The summed E-state index contributed by atoms with van der Waals surface area (Å²) in [6.07, 6.45) is 0. The molecule has 0 aliphatic heterocycles. The van der Waals surface area contributed by atoms with Crippen molar-refractivity contribution in [1.82, 2.24) is 14.5 Å². The van der Waals surface area contributed by atoms with Crippen molar-refractivity contribution in [3.8, 4) is 16.9 Å². The normalized spacial score (nSPS) is 12.2. The van der Waals surface area contributed by atoms with Crippen LogP contribution in [-0.4, -0.2) is 14.5 Å². The molecular weight excluding hydrogens is 598 g/mol. The third kappa shape index (κ3) is 3.32. The lowest BCUT2D eigenvalue weighted by Gasteiger charge is -2.11. The van der Waals surface area contributed by atoms with Crippen molar-refractivity contribution >= 4 is 107 Å². The highest BCUT2D eigenvalue weighted by Crippen LogP contribution is 2.48. The third-order valence-electron chi connectivity index (χ3n) is 8.74. The summed E-state index contributed by atoms with van der Waals surface area (Å²) in [7, 11) is 0. The molecule has 0 N–H and O–H groups in total. The molecule has 6 aromatic carbocycles. The molecule has 0 aliphatic rings. The molecule has 4 heterocycles. The van der Waals surface area contributed by atoms with Crippen molar-refractivity contribution in [1.29, 1.82) is 0 Å². The van der Waals surface area contributed by atoms with Crippen molar-refractivity contribution in [2.45, 2.75) is 0 Å². The Kier molecular flexibility index (Phi) is 5.09. The Labute approximate surface area is 264 Å². The summed E-state index contributed by atoms with van der Waals surface area (Å²) >= 11 is 10.1. The van der Waals surface area contributed by atoms with E-state index in [0.717, 1.165) is 32.5 Å². The molecule has 0 fully saturated rings. The Morgan fingerprint density at radius 1 is 0.523 bits per heavy atom. The fraction of sp³-hybridized carbons (Fsp3) is 0.